The van der Waals surface area contributed by atoms with Crippen LogP contribution in [0.2, 0.25) is 5.02 Å². The molecule has 0 aliphatic carbocycles. The number of hydrogen-bond donors (Lipinski definition) is 3. The second-order valence-corrected chi connectivity index (χ2v) is 5.88. The average molecular weight is 365 g/mol. The van der Waals surface area contributed by atoms with Gasteiger partial charge in [0.25, 0.3) is 0 Å². The number of likely N-dealkylation sites (N-methyl/N-ethyl adjacent to an activating group) is 1. The number of rotatable bonds is 5. The second-order valence-electron chi connectivity index (χ2n) is 5.47. The van der Waals surface area contributed by atoms with Crippen LogP contribution in [0.15, 0.2) is 46.8 Å². The molecular weight excluding hydrogens is 344 g/mol. The number of halogens is 1. The van der Waals surface area contributed by atoms with Crippen LogP contribution in [0, 0.1) is 0 Å². The first-order chi connectivity index (χ1) is 12.0. The predicted molar refractivity (Wildman–Crippen MR) is 94.8 cm³/mol. The minimum Gasteiger partial charge on any atom is -0.463 e. The molecule has 1 atom stereocenters. The summed E-state index contributed by atoms with van der Waals surface area (Å²) in [6.07, 6.45) is 0. The highest BCUT2D eigenvalue weighted by molar-refractivity contribution is 6.31. The maximum atomic E-state index is 12.6. The summed E-state index contributed by atoms with van der Waals surface area (Å²) in [4.78, 5) is 25.1. The molecule has 1 aromatic carbocycles. The Morgan fingerprint density at radius 2 is 2.00 bits per heavy atom. The molecule has 0 saturated carbocycles. The molecule has 1 aliphatic heterocycles. The quantitative estimate of drug-likeness (QED) is 0.694. The maximum Gasteiger partial charge on any atom is 0.336 e. The number of aliphatic hydroxyl groups excluding tert-OH is 1. The van der Waals surface area contributed by atoms with Crippen molar-refractivity contribution < 1.29 is 19.4 Å². The highest BCUT2D eigenvalue weighted by Gasteiger charge is 2.38. The molecule has 1 heterocycles. The Bertz CT molecular complexity index is 755. The summed E-state index contributed by atoms with van der Waals surface area (Å²) in [5.41, 5.74) is 1.98. The van der Waals surface area contributed by atoms with Crippen molar-refractivity contribution in [3.8, 4) is 0 Å². The Morgan fingerprint density at radius 1 is 1.32 bits per heavy atom. The molecule has 1 aromatic rings. The molecule has 0 bridgehead atoms. The minimum atomic E-state index is -0.740. The van der Waals surface area contributed by atoms with E-state index in [1.807, 2.05) is 0 Å². The van der Waals surface area contributed by atoms with E-state index >= 15 is 0 Å². The highest BCUT2D eigenvalue weighted by atomic mass is 35.5. The third kappa shape index (κ3) is 3.70. The smallest absolute Gasteiger partial charge is 0.336 e. The van der Waals surface area contributed by atoms with Crippen molar-refractivity contribution >= 4 is 23.5 Å². The third-order valence-electron chi connectivity index (χ3n) is 3.99. The van der Waals surface area contributed by atoms with Crippen molar-refractivity contribution in [3.05, 3.63) is 57.4 Å². The van der Waals surface area contributed by atoms with Gasteiger partial charge >= 0.3 is 5.97 Å². The van der Waals surface area contributed by atoms with Gasteiger partial charge in [0.2, 0.25) is 5.91 Å². The van der Waals surface area contributed by atoms with E-state index in [-0.39, 0.29) is 18.8 Å². The van der Waals surface area contributed by atoms with Gasteiger partial charge in [-0.2, -0.15) is 0 Å². The van der Waals surface area contributed by atoms with Gasteiger partial charge in [-0.15, -0.1) is 0 Å². The van der Waals surface area contributed by atoms with Crippen molar-refractivity contribution in [2.45, 2.75) is 19.8 Å². The number of aliphatic hydroxyl groups is 1. The van der Waals surface area contributed by atoms with E-state index in [2.05, 4.69) is 10.6 Å². The molecule has 25 heavy (non-hydrogen) atoms. The van der Waals surface area contributed by atoms with Crippen molar-refractivity contribution in [1.29, 1.82) is 0 Å². The Labute approximate surface area is 151 Å². The molecule has 0 saturated heterocycles. The van der Waals surface area contributed by atoms with E-state index in [1.54, 1.807) is 38.1 Å². The molecule has 0 fully saturated rings. The number of carbonyl (C=O) groups excluding carboxylic acids is 2. The Hall–Kier alpha value is -2.31. The Morgan fingerprint density at radius 3 is 2.56 bits per heavy atom. The summed E-state index contributed by atoms with van der Waals surface area (Å²) in [6.45, 7) is 3.24. The fourth-order valence-electron chi connectivity index (χ4n) is 2.92. The van der Waals surface area contributed by atoms with Gasteiger partial charge in [-0.3, -0.25) is 4.79 Å². The predicted octanol–water partition coefficient (Wildman–Crippen LogP) is 1.86. The van der Waals surface area contributed by atoms with Crippen molar-refractivity contribution in [1.82, 2.24) is 10.6 Å². The molecule has 0 spiro atoms. The number of nitrogens with one attached hydrogen (secondary N) is 2. The summed E-state index contributed by atoms with van der Waals surface area (Å²) in [6, 6.07) is 6.99. The van der Waals surface area contributed by atoms with E-state index in [0.717, 1.165) is 0 Å². The normalized spacial score (nSPS) is 17.2. The molecule has 0 radical (unpaired) electrons. The molecule has 3 N–H and O–H groups in total. The standard InChI is InChI=1S/C18H21ClN2O4/c1-4-25-18(24)14-10(2)21-13(9-22)16(17(23)20-3)15(14)11-7-5-6-8-12(11)19/h5-8,15,21-22H,4,9H2,1-3H3,(H,20,23). The molecular formula is C18H21ClN2O4. The van der Waals surface area contributed by atoms with Crippen LogP contribution in [0.1, 0.15) is 25.3 Å². The van der Waals surface area contributed by atoms with Gasteiger partial charge in [-0.1, -0.05) is 29.8 Å². The van der Waals surface area contributed by atoms with Gasteiger partial charge in [0, 0.05) is 17.8 Å². The van der Waals surface area contributed by atoms with Gasteiger partial charge < -0.3 is 20.5 Å². The van der Waals surface area contributed by atoms with Crippen LogP contribution in [0.25, 0.3) is 0 Å². The van der Waals surface area contributed by atoms with E-state index < -0.39 is 17.8 Å². The van der Waals surface area contributed by atoms with Crippen LogP contribution in [0.4, 0.5) is 0 Å². The zero-order chi connectivity index (χ0) is 18.6. The van der Waals surface area contributed by atoms with Crippen molar-refractivity contribution in [3.63, 3.8) is 0 Å². The molecule has 7 heteroatoms. The third-order valence-corrected chi connectivity index (χ3v) is 4.33. The zero-order valence-corrected chi connectivity index (χ0v) is 15.1. The zero-order valence-electron chi connectivity index (χ0n) is 14.4. The summed E-state index contributed by atoms with van der Waals surface area (Å²) >= 11 is 6.34. The van der Waals surface area contributed by atoms with Crippen LogP contribution in [0.3, 0.4) is 0 Å². The van der Waals surface area contributed by atoms with Crippen molar-refractivity contribution in [2.75, 3.05) is 20.3 Å². The topological polar surface area (TPSA) is 87.7 Å². The van der Waals surface area contributed by atoms with Crippen LogP contribution < -0.4 is 10.6 Å². The van der Waals surface area contributed by atoms with Gasteiger partial charge in [-0.05, 0) is 25.5 Å². The summed E-state index contributed by atoms with van der Waals surface area (Å²) in [7, 11) is 1.49. The lowest BCUT2D eigenvalue weighted by Crippen LogP contribution is -2.37. The monoisotopic (exact) mass is 364 g/mol. The first kappa shape index (κ1) is 19.0. The molecule has 1 aliphatic rings. The number of allylic oxidation sites excluding steroid dienone is 1. The van der Waals surface area contributed by atoms with Gasteiger partial charge in [0.05, 0.1) is 36.0 Å². The fraction of sp³-hybridized carbons (Fsp3) is 0.333. The fourth-order valence-corrected chi connectivity index (χ4v) is 3.17. The summed E-state index contributed by atoms with van der Waals surface area (Å²) < 4.78 is 5.18. The lowest BCUT2D eigenvalue weighted by Gasteiger charge is -2.31. The number of dihydropyridines is 1. The van der Waals surface area contributed by atoms with E-state index in [1.165, 1.54) is 7.05 Å². The molecule has 6 nitrogen and oxygen atoms in total. The van der Waals surface area contributed by atoms with E-state index in [9.17, 15) is 14.7 Å². The number of ether oxygens (including phenoxy) is 1. The lowest BCUT2D eigenvalue weighted by molar-refractivity contribution is -0.138. The lowest BCUT2D eigenvalue weighted by atomic mass is 9.80. The first-order valence-electron chi connectivity index (χ1n) is 7.91. The van der Waals surface area contributed by atoms with Crippen LogP contribution in [-0.4, -0.2) is 37.2 Å². The molecule has 2 rings (SSSR count). The molecule has 1 amide bonds. The molecule has 134 valence electrons. The number of amides is 1. The minimum absolute atomic E-state index is 0.205. The Kier molecular flexibility index (Phi) is 6.22. The van der Waals surface area contributed by atoms with Crippen LogP contribution >= 0.6 is 11.6 Å². The SMILES string of the molecule is CCOC(=O)C1=C(C)NC(CO)=C(C(=O)NC)C1c1ccccc1Cl. The molecule has 0 aromatic heterocycles. The summed E-state index contributed by atoms with van der Waals surface area (Å²) in [5.74, 6) is -1.68. The average Bonchev–Trinajstić information content (AvgIpc) is 2.60. The largest absolute Gasteiger partial charge is 0.463 e. The van der Waals surface area contributed by atoms with Crippen molar-refractivity contribution in [2.24, 2.45) is 0 Å². The highest BCUT2D eigenvalue weighted by Crippen LogP contribution is 2.41. The number of carbonyl (C=O) groups is 2. The van der Waals surface area contributed by atoms with Gasteiger partial charge in [0.15, 0.2) is 0 Å². The van der Waals surface area contributed by atoms with Gasteiger partial charge in [0.1, 0.15) is 0 Å². The van der Waals surface area contributed by atoms with Crippen LogP contribution in [-0.2, 0) is 14.3 Å². The van der Waals surface area contributed by atoms with E-state index in [4.69, 9.17) is 16.3 Å². The number of hydrogen-bond acceptors (Lipinski definition) is 5. The summed E-state index contributed by atoms with van der Waals surface area (Å²) in [5, 5.41) is 15.6. The number of esters is 1. The first-order valence-corrected chi connectivity index (χ1v) is 8.29. The van der Waals surface area contributed by atoms with Gasteiger partial charge in [-0.25, -0.2) is 4.79 Å². The maximum absolute atomic E-state index is 12.6. The van der Waals surface area contributed by atoms with Crippen LogP contribution in [0.5, 0.6) is 0 Å². The molecule has 1 unspecified atom stereocenters. The van der Waals surface area contributed by atoms with E-state index in [0.29, 0.717) is 27.6 Å². The second kappa shape index (κ2) is 8.18. The Balaban J connectivity index is 2.73. The number of benzene rings is 1.